The summed E-state index contributed by atoms with van der Waals surface area (Å²) < 4.78 is 20.8. The lowest BCUT2D eigenvalue weighted by atomic mass is 9.94. The number of nitrogens with zero attached hydrogens (tertiary/aromatic N) is 3. The number of rotatable bonds is 7. The summed E-state index contributed by atoms with van der Waals surface area (Å²) in [5, 5.41) is 15.3. The summed E-state index contributed by atoms with van der Waals surface area (Å²) in [5.41, 5.74) is 5.09. The van der Waals surface area contributed by atoms with E-state index in [0.29, 0.717) is 55.0 Å². The summed E-state index contributed by atoms with van der Waals surface area (Å²) in [6.07, 6.45) is 0.877. The Hall–Kier alpha value is -3.97. The molecule has 0 spiro atoms. The van der Waals surface area contributed by atoms with Crippen molar-refractivity contribution in [1.82, 2.24) is 9.78 Å². The zero-order chi connectivity index (χ0) is 25.8. The number of phenols is 1. The van der Waals surface area contributed by atoms with Gasteiger partial charge in [0.25, 0.3) is 5.56 Å². The summed E-state index contributed by atoms with van der Waals surface area (Å²) in [6.45, 7) is 5.11. The van der Waals surface area contributed by atoms with Gasteiger partial charge in [0, 0.05) is 35.5 Å². The monoisotopic (exact) mass is 499 g/mol. The highest BCUT2D eigenvalue weighted by atomic mass is 19.1. The Bertz CT molecular complexity index is 1460. The highest BCUT2D eigenvalue weighted by Crippen LogP contribution is 2.33. The fourth-order valence-corrected chi connectivity index (χ4v) is 5.02. The van der Waals surface area contributed by atoms with Gasteiger partial charge in [-0.25, -0.2) is 9.07 Å². The molecule has 1 aliphatic rings. The molecule has 1 N–H and O–H groups in total. The maximum atomic E-state index is 13.9. The molecule has 37 heavy (non-hydrogen) atoms. The van der Waals surface area contributed by atoms with E-state index in [9.17, 15) is 14.3 Å². The molecule has 7 heteroatoms. The zero-order valence-electron chi connectivity index (χ0n) is 20.9. The van der Waals surface area contributed by atoms with E-state index < -0.39 is 0 Å². The minimum atomic E-state index is -0.304. The third-order valence-electron chi connectivity index (χ3n) is 6.82. The first-order valence-electron chi connectivity index (χ1n) is 12.6. The van der Waals surface area contributed by atoms with Crippen molar-refractivity contribution < 1.29 is 14.2 Å². The van der Waals surface area contributed by atoms with Crippen LogP contribution in [0.3, 0.4) is 0 Å². The average Bonchev–Trinajstić information content (AvgIpc) is 2.91. The number of halogens is 1. The van der Waals surface area contributed by atoms with Crippen molar-refractivity contribution in [3.05, 3.63) is 111 Å². The van der Waals surface area contributed by atoms with Crippen molar-refractivity contribution in [2.75, 3.05) is 31.2 Å². The molecule has 0 radical (unpaired) electrons. The molecule has 1 aliphatic heterocycles. The smallest absolute Gasteiger partial charge is 0.270 e. The molecular formula is C30H30FN3O3. The van der Waals surface area contributed by atoms with E-state index in [-0.39, 0.29) is 17.1 Å². The molecule has 0 atom stereocenters. The zero-order valence-corrected chi connectivity index (χ0v) is 20.9. The minimum absolute atomic E-state index is 0.0919. The predicted octanol–water partition coefficient (Wildman–Crippen LogP) is 4.73. The average molecular weight is 500 g/mol. The topological polar surface area (TPSA) is 67.6 Å². The van der Waals surface area contributed by atoms with Crippen LogP contribution < -0.4 is 10.5 Å². The van der Waals surface area contributed by atoms with Crippen LogP contribution in [-0.4, -0.2) is 41.2 Å². The van der Waals surface area contributed by atoms with Crippen LogP contribution in [0.25, 0.3) is 11.1 Å². The van der Waals surface area contributed by atoms with Crippen LogP contribution in [0.4, 0.5) is 10.1 Å². The quantitative estimate of drug-likeness (QED) is 0.398. The number of aromatic nitrogens is 2. The first kappa shape index (κ1) is 24.7. The van der Waals surface area contributed by atoms with Gasteiger partial charge in [-0.3, -0.25) is 4.79 Å². The van der Waals surface area contributed by atoms with E-state index in [1.165, 1.54) is 16.8 Å². The van der Waals surface area contributed by atoms with Gasteiger partial charge in [0.05, 0.1) is 25.5 Å². The standard InChI is InChI=1S/C30H30FN3O3/c1-21-29(25-10-3-5-12-28(25)35)26(14-13-22-7-6-9-24(31)19-22)30(36)34(32-21)20-23-8-2-4-11-27(23)33-15-17-37-18-16-33/h2-12,19,35H,13-18,20H2,1H3. The Morgan fingerprint density at radius 2 is 1.73 bits per heavy atom. The maximum Gasteiger partial charge on any atom is 0.270 e. The molecule has 0 amide bonds. The fourth-order valence-electron chi connectivity index (χ4n) is 5.02. The first-order valence-corrected chi connectivity index (χ1v) is 12.6. The Kier molecular flexibility index (Phi) is 7.32. The highest BCUT2D eigenvalue weighted by molar-refractivity contribution is 5.74. The van der Waals surface area contributed by atoms with Crippen LogP contribution in [0.1, 0.15) is 22.4 Å². The van der Waals surface area contributed by atoms with Gasteiger partial charge < -0.3 is 14.7 Å². The van der Waals surface area contributed by atoms with Crippen molar-refractivity contribution in [3.8, 4) is 16.9 Å². The number of morpholine rings is 1. The van der Waals surface area contributed by atoms with Gasteiger partial charge >= 0.3 is 0 Å². The lowest BCUT2D eigenvalue weighted by Crippen LogP contribution is -2.37. The second-order valence-electron chi connectivity index (χ2n) is 9.28. The normalized spacial score (nSPS) is 13.6. The molecule has 6 nitrogen and oxygen atoms in total. The van der Waals surface area contributed by atoms with Crippen LogP contribution >= 0.6 is 0 Å². The summed E-state index contributed by atoms with van der Waals surface area (Å²) in [6, 6.07) is 21.5. The molecule has 4 aromatic rings. The lowest BCUT2D eigenvalue weighted by molar-refractivity contribution is 0.122. The molecule has 0 aliphatic carbocycles. The predicted molar refractivity (Wildman–Crippen MR) is 143 cm³/mol. The van der Waals surface area contributed by atoms with E-state index in [0.717, 1.165) is 29.9 Å². The second kappa shape index (κ2) is 11.0. The number of phenolic OH excluding ortho intramolecular Hbond substituents is 1. The number of benzene rings is 3. The molecular weight excluding hydrogens is 469 g/mol. The Morgan fingerprint density at radius 1 is 0.973 bits per heavy atom. The van der Waals surface area contributed by atoms with Gasteiger partial charge in [-0.1, -0.05) is 48.5 Å². The van der Waals surface area contributed by atoms with E-state index in [1.54, 1.807) is 24.3 Å². The van der Waals surface area contributed by atoms with E-state index >= 15 is 0 Å². The van der Waals surface area contributed by atoms with Gasteiger partial charge in [0.1, 0.15) is 11.6 Å². The lowest BCUT2D eigenvalue weighted by Gasteiger charge is -2.30. The third-order valence-corrected chi connectivity index (χ3v) is 6.82. The molecule has 3 aromatic carbocycles. The van der Waals surface area contributed by atoms with Gasteiger partial charge in [0.15, 0.2) is 0 Å². The van der Waals surface area contributed by atoms with Crippen LogP contribution in [0, 0.1) is 12.7 Å². The number of anilines is 1. The maximum absolute atomic E-state index is 13.9. The summed E-state index contributed by atoms with van der Waals surface area (Å²) in [5.74, 6) is -0.212. The second-order valence-corrected chi connectivity index (χ2v) is 9.28. The van der Waals surface area contributed by atoms with Gasteiger partial charge in [-0.15, -0.1) is 0 Å². The number of hydrogen-bond acceptors (Lipinski definition) is 5. The molecule has 1 aromatic heterocycles. The van der Waals surface area contributed by atoms with Crippen LogP contribution in [-0.2, 0) is 24.1 Å². The van der Waals surface area contributed by atoms with Crippen molar-refractivity contribution >= 4 is 5.69 Å². The van der Waals surface area contributed by atoms with Crippen molar-refractivity contribution in [2.45, 2.75) is 26.3 Å². The van der Waals surface area contributed by atoms with Gasteiger partial charge in [-0.2, -0.15) is 5.10 Å². The SMILES string of the molecule is Cc1nn(Cc2ccccc2N2CCOCC2)c(=O)c(CCc2cccc(F)c2)c1-c1ccccc1O. The molecule has 2 heterocycles. The number of aromatic hydroxyl groups is 1. The number of para-hydroxylation sites is 2. The van der Waals surface area contributed by atoms with Crippen LogP contribution in [0.5, 0.6) is 5.75 Å². The van der Waals surface area contributed by atoms with Crippen molar-refractivity contribution in [1.29, 1.82) is 0 Å². The van der Waals surface area contributed by atoms with Gasteiger partial charge in [-0.05, 0) is 55.2 Å². The molecule has 1 saturated heterocycles. The Morgan fingerprint density at radius 3 is 2.51 bits per heavy atom. The molecule has 5 rings (SSSR count). The fraction of sp³-hybridized carbons (Fsp3) is 0.267. The summed E-state index contributed by atoms with van der Waals surface area (Å²) in [7, 11) is 0. The summed E-state index contributed by atoms with van der Waals surface area (Å²) >= 11 is 0. The molecule has 1 fully saturated rings. The molecule has 0 unspecified atom stereocenters. The van der Waals surface area contributed by atoms with E-state index in [2.05, 4.69) is 11.0 Å². The largest absolute Gasteiger partial charge is 0.507 e. The number of hydrogen-bond donors (Lipinski definition) is 1. The van der Waals surface area contributed by atoms with Crippen molar-refractivity contribution in [3.63, 3.8) is 0 Å². The van der Waals surface area contributed by atoms with E-state index in [1.807, 2.05) is 37.3 Å². The molecule has 0 saturated carbocycles. The number of aryl methyl sites for hydroxylation is 2. The molecule has 0 bridgehead atoms. The van der Waals surface area contributed by atoms with Crippen LogP contribution in [0.15, 0.2) is 77.6 Å². The number of ether oxygens (including phenoxy) is 1. The first-order chi connectivity index (χ1) is 18.0. The summed E-state index contributed by atoms with van der Waals surface area (Å²) in [4.78, 5) is 16.2. The Balaban J connectivity index is 1.57. The minimum Gasteiger partial charge on any atom is -0.507 e. The highest BCUT2D eigenvalue weighted by Gasteiger charge is 2.21. The van der Waals surface area contributed by atoms with E-state index in [4.69, 9.17) is 9.84 Å². The van der Waals surface area contributed by atoms with Gasteiger partial charge in [0.2, 0.25) is 0 Å². The molecule has 190 valence electrons. The van der Waals surface area contributed by atoms with Crippen molar-refractivity contribution in [2.24, 2.45) is 0 Å². The third kappa shape index (κ3) is 5.42. The Labute approximate surface area is 215 Å². The van der Waals surface area contributed by atoms with Crippen LogP contribution in [0.2, 0.25) is 0 Å².